The van der Waals surface area contributed by atoms with Crippen molar-refractivity contribution in [1.29, 1.82) is 10.5 Å². The lowest BCUT2D eigenvalue weighted by atomic mass is 9.81. The number of rotatable bonds is 1. The van der Waals surface area contributed by atoms with Crippen molar-refractivity contribution in [1.82, 2.24) is 5.32 Å². The minimum absolute atomic E-state index is 0.144. The molecule has 1 aliphatic heterocycles. The molecule has 1 N–H and O–H groups in total. The monoisotopic (exact) mass is 238 g/mol. The topological polar surface area (TPSA) is 89.0 Å². The molecule has 0 spiro atoms. The van der Waals surface area contributed by atoms with Crippen LogP contribution in [-0.2, 0) is 4.79 Å². The van der Waals surface area contributed by atoms with Gasteiger partial charge >= 0.3 is 0 Å². The van der Waals surface area contributed by atoms with Gasteiger partial charge in [-0.1, -0.05) is 30.3 Å². The fourth-order valence-corrected chi connectivity index (χ4v) is 2.09. The van der Waals surface area contributed by atoms with Crippen molar-refractivity contribution in [3.63, 3.8) is 0 Å². The van der Waals surface area contributed by atoms with E-state index < -0.39 is 5.92 Å². The molecule has 1 aliphatic rings. The Morgan fingerprint density at radius 2 is 2.00 bits per heavy atom. The van der Waals surface area contributed by atoms with Crippen LogP contribution in [0.4, 0.5) is 0 Å². The average molecular weight is 238 g/mol. The highest BCUT2D eigenvalue weighted by molar-refractivity contribution is 6.04. The second-order valence-electron chi connectivity index (χ2n) is 3.97. The highest BCUT2D eigenvalue weighted by Crippen LogP contribution is 2.31. The van der Waals surface area contributed by atoms with Crippen molar-refractivity contribution in [2.24, 2.45) is 10.9 Å². The maximum Gasteiger partial charge on any atom is 0.226 e. The number of nitrogens with zero attached hydrogens (tertiary/aromatic N) is 3. The molecule has 5 heteroatoms. The molecule has 0 radical (unpaired) electrons. The summed E-state index contributed by atoms with van der Waals surface area (Å²) in [4.78, 5) is 15.1. The van der Waals surface area contributed by atoms with Gasteiger partial charge in [0, 0.05) is 12.3 Å². The lowest BCUT2D eigenvalue weighted by molar-refractivity contribution is -0.120. The van der Waals surface area contributed by atoms with E-state index in [0.29, 0.717) is 0 Å². The van der Waals surface area contributed by atoms with Gasteiger partial charge in [-0.3, -0.25) is 4.79 Å². The second-order valence-corrected chi connectivity index (χ2v) is 3.97. The summed E-state index contributed by atoms with van der Waals surface area (Å²) in [6.45, 7) is 0. The maximum absolute atomic E-state index is 11.6. The number of carbonyl (C=O) groups is 1. The van der Waals surface area contributed by atoms with Crippen LogP contribution in [0.1, 0.15) is 17.9 Å². The van der Waals surface area contributed by atoms with E-state index in [0.717, 1.165) is 5.56 Å². The van der Waals surface area contributed by atoms with E-state index in [4.69, 9.17) is 5.26 Å². The minimum Gasteiger partial charge on any atom is -0.312 e. The van der Waals surface area contributed by atoms with Gasteiger partial charge in [0.15, 0.2) is 0 Å². The fraction of sp³-hybridized carbons (Fsp3) is 0.231. The van der Waals surface area contributed by atoms with Crippen LogP contribution in [0, 0.1) is 28.7 Å². The average Bonchev–Trinajstić information content (AvgIpc) is 2.39. The molecule has 1 saturated heterocycles. The zero-order chi connectivity index (χ0) is 13.0. The Morgan fingerprint density at radius 1 is 1.28 bits per heavy atom. The number of hydrogen-bond acceptors (Lipinski definition) is 4. The highest BCUT2D eigenvalue weighted by Gasteiger charge is 2.35. The molecule has 0 bridgehead atoms. The molecule has 1 aromatic carbocycles. The summed E-state index contributed by atoms with van der Waals surface area (Å²) < 4.78 is 0. The van der Waals surface area contributed by atoms with Gasteiger partial charge in [-0.15, -0.1) is 0 Å². The van der Waals surface area contributed by atoms with Gasteiger partial charge in [0.1, 0.15) is 11.8 Å². The molecule has 18 heavy (non-hydrogen) atoms. The summed E-state index contributed by atoms with van der Waals surface area (Å²) in [6, 6.07) is 11.4. The SMILES string of the molecule is N#CN=C1NC(=O)CC(c2ccccc2)C1C#N. The van der Waals surface area contributed by atoms with Crippen LogP contribution in [0.25, 0.3) is 0 Å². The Labute approximate surface area is 104 Å². The normalized spacial score (nSPS) is 25.0. The van der Waals surface area contributed by atoms with Gasteiger partial charge in [0.2, 0.25) is 12.1 Å². The van der Waals surface area contributed by atoms with E-state index in [9.17, 15) is 10.1 Å². The van der Waals surface area contributed by atoms with Gasteiger partial charge in [-0.05, 0) is 5.56 Å². The first-order valence-electron chi connectivity index (χ1n) is 5.47. The summed E-state index contributed by atoms with van der Waals surface area (Å²) in [6.07, 6.45) is 1.85. The standard InChI is InChI=1S/C13H10N4O/c14-7-11-10(9-4-2-1-3-5-9)6-12(18)17-13(11)16-8-15/h1-5,10-11H,6H2,(H,16,17,18). The molecule has 2 unspecified atom stereocenters. The zero-order valence-corrected chi connectivity index (χ0v) is 9.50. The van der Waals surface area contributed by atoms with Crippen LogP contribution in [0.2, 0.25) is 0 Å². The Hall–Kier alpha value is -2.66. The highest BCUT2D eigenvalue weighted by atomic mass is 16.1. The first kappa shape index (κ1) is 11.8. The molecule has 0 saturated carbocycles. The Kier molecular flexibility index (Phi) is 3.36. The molecule has 5 nitrogen and oxygen atoms in total. The van der Waals surface area contributed by atoms with Gasteiger partial charge in [-0.2, -0.15) is 15.5 Å². The van der Waals surface area contributed by atoms with Crippen LogP contribution >= 0.6 is 0 Å². The Balaban J connectivity index is 2.40. The molecule has 1 amide bonds. The lowest BCUT2D eigenvalue weighted by Crippen LogP contribution is -2.44. The lowest BCUT2D eigenvalue weighted by Gasteiger charge is -2.27. The van der Waals surface area contributed by atoms with Crippen molar-refractivity contribution in [2.45, 2.75) is 12.3 Å². The number of aliphatic imine (C=N–C) groups is 1. The van der Waals surface area contributed by atoms with E-state index in [1.807, 2.05) is 30.3 Å². The smallest absolute Gasteiger partial charge is 0.226 e. The predicted molar refractivity (Wildman–Crippen MR) is 64.1 cm³/mol. The summed E-state index contributed by atoms with van der Waals surface area (Å²) in [5, 5.41) is 20.3. The van der Waals surface area contributed by atoms with E-state index in [1.165, 1.54) is 0 Å². The van der Waals surface area contributed by atoms with Crippen molar-refractivity contribution in [2.75, 3.05) is 0 Å². The third kappa shape index (κ3) is 2.21. The number of benzene rings is 1. The molecule has 1 aromatic rings. The van der Waals surface area contributed by atoms with Crippen LogP contribution in [0.15, 0.2) is 35.3 Å². The molecule has 1 fully saturated rings. The molecule has 0 aromatic heterocycles. The van der Waals surface area contributed by atoms with Crippen molar-refractivity contribution in [3.8, 4) is 12.3 Å². The zero-order valence-electron chi connectivity index (χ0n) is 9.50. The quantitative estimate of drug-likeness (QED) is 0.748. The van der Waals surface area contributed by atoms with E-state index in [1.54, 1.807) is 6.19 Å². The number of amidine groups is 1. The third-order valence-electron chi connectivity index (χ3n) is 2.91. The van der Waals surface area contributed by atoms with E-state index in [2.05, 4.69) is 16.4 Å². The first-order valence-corrected chi connectivity index (χ1v) is 5.47. The van der Waals surface area contributed by atoms with E-state index >= 15 is 0 Å². The molecular weight excluding hydrogens is 228 g/mol. The summed E-state index contributed by atoms with van der Waals surface area (Å²) in [7, 11) is 0. The van der Waals surface area contributed by atoms with Gasteiger partial charge in [-0.25, -0.2) is 0 Å². The minimum atomic E-state index is -0.593. The molecule has 2 atom stereocenters. The van der Waals surface area contributed by atoms with Crippen molar-refractivity contribution in [3.05, 3.63) is 35.9 Å². The Morgan fingerprint density at radius 3 is 2.61 bits per heavy atom. The number of piperidine rings is 1. The molecule has 1 heterocycles. The van der Waals surface area contributed by atoms with E-state index in [-0.39, 0.29) is 24.1 Å². The van der Waals surface area contributed by atoms with Gasteiger partial charge in [0.05, 0.1) is 6.07 Å². The summed E-state index contributed by atoms with van der Waals surface area (Å²) in [5.74, 6) is -0.920. The summed E-state index contributed by atoms with van der Waals surface area (Å²) >= 11 is 0. The van der Waals surface area contributed by atoms with Gasteiger partial charge < -0.3 is 5.32 Å². The predicted octanol–water partition coefficient (Wildman–Crippen LogP) is 1.31. The van der Waals surface area contributed by atoms with Crippen LogP contribution in [0.5, 0.6) is 0 Å². The Bertz CT molecular complexity index is 565. The van der Waals surface area contributed by atoms with Crippen LogP contribution in [-0.4, -0.2) is 11.7 Å². The summed E-state index contributed by atoms with van der Waals surface area (Å²) in [5.41, 5.74) is 0.907. The number of nitrogens with one attached hydrogen (secondary N) is 1. The maximum atomic E-state index is 11.6. The second kappa shape index (κ2) is 5.11. The van der Waals surface area contributed by atoms with Crippen LogP contribution in [0.3, 0.4) is 0 Å². The molecule has 88 valence electrons. The van der Waals surface area contributed by atoms with Crippen molar-refractivity contribution < 1.29 is 4.79 Å². The number of amides is 1. The van der Waals surface area contributed by atoms with Gasteiger partial charge in [0.25, 0.3) is 0 Å². The fourth-order valence-electron chi connectivity index (χ4n) is 2.09. The molecular formula is C13H10N4O. The number of carbonyl (C=O) groups excluding carboxylic acids is 1. The first-order chi connectivity index (χ1) is 8.76. The number of nitriles is 2. The number of hydrogen-bond donors (Lipinski definition) is 1. The largest absolute Gasteiger partial charge is 0.312 e. The molecule has 0 aliphatic carbocycles. The third-order valence-corrected chi connectivity index (χ3v) is 2.91. The van der Waals surface area contributed by atoms with Crippen molar-refractivity contribution >= 4 is 11.7 Å². The molecule has 2 rings (SSSR count). The van der Waals surface area contributed by atoms with Crippen LogP contribution < -0.4 is 5.32 Å².